The van der Waals surface area contributed by atoms with Crippen LogP contribution in [-0.2, 0) is 16.0 Å². The first kappa shape index (κ1) is 23.1. The van der Waals surface area contributed by atoms with Crippen molar-refractivity contribution in [1.29, 1.82) is 0 Å². The molecule has 1 aliphatic rings. The van der Waals surface area contributed by atoms with E-state index in [0.717, 1.165) is 36.1 Å². The van der Waals surface area contributed by atoms with E-state index in [-0.39, 0.29) is 24.3 Å². The van der Waals surface area contributed by atoms with E-state index in [0.29, 0.717) is 11.4 Å². The van der Waals surface area contributed by atoms with E-state index in [4.69, 9.17) is 4.74 Å². The van der Waals surface area contributed by atoms with Crippen LogP contribution in [0.4, 0.5) is 5.69 Å². The molecule has 1 unspecified atom stereocenters. The number of methoxy groups -OCH3 is 1. The number of nitrogens with zero attached hydrogens (tertiary/aromatic N) is 1. The van der Waals surface area contributed by atoms with E-state index < -0.39 is 6.04 Å². The van der Waals surface area contributed by atoms with Crippen molar-refractivity contribution in [2.45, 2.75) is 50.6 Å². The number of benzene rings is 2. The summed E-state index contributed by atoms with van der Waals surface area (Å²) in [6.45, 7) is 0. The zero-order valence-corrected chi connectivity index (χ0v) is 19.7. The minimum Gasteiger partial charge on any atom is -0.497 e. The predicted octanol–water partition coefficient (Wildman–Crippen LogP) is 5.52. The van der Waals surface area contributed by atoms with Crippen molar-refractivity contribution < 1.29 is 14.3 Å². The highest BCUT2D eigenvalue weighted by Gasteiger charge is 2.34. The summed E-state index contributed by atoms with van der Waals surface area (Å²) in [6, 6.07) is 20.1. The number of ether oxygens (including phenoxy) is 1. The second kappa shape index (κ2) is 11.1. The molecule has 6 heteroatoms. The molecule has 0 bridgehead atoms. The highest BCUT2D eigenvalue weighted by atomic mass is 32.1. The topological polar surface area (TPSA) is 58.6 Å². The second-order valence-corrected chi connectivity index (χ2v) is 9.41. The Morgan fingerprint density at radius 1 is 1.03 bits per heavy atom. The summed E-state index contributed by atoms with van der Waals surface area (Å²) >= 11 is 1.55. The average molecular weight is 463 g/mol. The Bertz CT molecular complexity index is 1050. The number of hydrogen-bond donors (Lipinski definition) is 1. The fraction of sp³-hybridized carbons (Fsp3) is 0.333. The lowest BCUT2D eigenvalue weighted by atomic mass is 9.94. The van der Waals surface area contributed by atoms with Gasteiger partial charge in [-0.2, -0.15) is 0 Å². The molecule has 1 N–H and O–H groups in total. The van der Waals surface area contributed by atoms with E-state index in [1.807, 2.05) is 72.1 Å². The number of thiophene rings is 1. The number of hydrogen-bond acceptors (Lipinski definition) is 4. The van der Waals surface area contributed by atoms with Gasteiger partial charge in [0.25, 0.3) is 0 Å². The van der Waals surface area contributed by atoms with Crippen LogP contribution in [0.2, 0.25) is 0 Å². The summed E-state index contributed by atoms with van der Waals surface area (Å²) in [5.41, 5.74) is 1.43. The molecule has 1 fully saturated rings. The molecule has 2 aromatic carbocycles. The minimum absolute atomic E-state index is 0.115. The van der Waals surface area contributed by atoms with Gasteiger partial charge in [0.05, 0.1) is 13.5 Å². The van der Waals surface area contributed by atoms with Crippen LogP contribution < -0.4 is 15.0 Å². The maximum atomic E-state index is 13.8. The molecule has 1 aromatic heterocycles. The Labute approximate surface area is 199 Å². The van der Waals surface area contributed by atoms with Crippen LogP contribution in [0.1, 0.15) is 48.6 Å². The van der Waals surface area contributed by atoms with Gasteiger partial charge >= 0.3 is 0 Å². The first-order valence-electron chi connectivity index (χ1n) is 11.5. The van der Waals surface area contributed by atoms with Crippen LogP contribution >= 0.6 is 11.3 Å². The first-order chi connectivity index (χ1) is 16.2. The number of rotatable bonds is 8. The smallest absolute Gasteiger partial charge is 0.248 e. The first-order valence-corrected chi connectivity index (χ1v) is 12.4. The Kier molecular flexibility index (Phi) is 7.79. The third-order valence-electron chi connectivity index (χ3n) is 6.08. The average Bonchev–Trinajstić information content (AvgIpc) is 3.36. The van der Waals surface area contributed by atoms with Gasteiger partial charge in [-0.05, 0) is 54.1 Å². The molecule has 1 aliphatic carbocycles. The Balaban J connectivity index is 1.74. The zero-order valence-electron chi connectivity index (χ0n) is 18.9. The minimum atomic E-state index is -0.795. The lowest BCUT2D eigenvalue weighted by Gasteiger charge is -2.33. The molecule has 2 amide bonds. The fourth-order valence-electron chi connectivity index (χ4n) is 4.43. The summed E-state index contributed by atoms with van der Waals surface area (Å²) in [5.74, 6) is 0.385. The number of carbonyl (C=O) groups excluding carboxylic acids is 2. The van der Waals surface area contributed by atoms with Crippen LogP contribution in [0.3, 0.4) is 0 Å². The number of amides is 2. The standard InChI is InChI=1S/C27H30N2O3S/c1-32-23-15-8-10-20(18-23)26(27(31)28-21-11-4-2-5-12-21)29(22-13-6-3-7-14-22)25(30)19-24-16-9-17-33-24/h3,6-10,13-18,21,26H,2,4-5,11-12,19H2,1H3,(H,28,31). The van der Waals surface area contributed by atoms with E-state index in [2.05, 4.69) is 5.32 Å². The second-order valence-electron chi connectivity index (χ2n) is 8.38. The maximum Gasteiger partial charge on any atom is 0.248 e. The van der Waals surface area contributed by atoms with Gasteiger partial charge in [-0.1, -0.05) is 55.7 Å². The van der Waals surface area contributed by atoms with Crippen molar-refractivity contribution in [1.82, 2.24) is 5.32 Å². The lowest BCUT2D eigenvalue weighted by Crippen LogP contribution is -2.47. The third kappa shape index (κ3) is 5.82. The summed E-state index contributed by atoms with van der Waals surface area (Å²) in [4.78, 5) is 30.1. The predicted molar refractivity (Wildman–Crippen MR) is 133 cm³/mol. The van der Waals surface area contributed by atoms with E-state index >= 15 is 0 Å². The van der Waals surface area contributed by atoms with Gasteiger partial charge in [0.2, 0.25) is 11.8 Å². The van der Waals surface area contributed by atoms with Crippen LogP contribution in [0.15, 0.2) is 72.1 Å². The molecule has 5 nitrogen and oxygen atoms in total. The van der Waals surface area contributed by atoms with Gasteiger partial charge in [0.1, 0.15) is 11.8 Å². The van der Waals surface area contributed by atoms with Crippen molar-refractivity contribution in [3.8, 4) is 5.75 Å². The molecule has 0 aliphatic heterocycles. The van der Waals surface area contributed by atoms with Crippen molar-refractivity contribution in [2.75, 3.05) is 12.0 Å². The van der Waals surface area contributed by atoms with E-state index in [1.165, 1.54) is 6.42 Å². The van der Waals surface area contributed by atoms with Crippen molar-refractivity contribution in [3.63, 3.8) is 0 Å². The Hall–Kier alpha value is -3.12. The number of anilines is 1. The summed E-state index contributed by atoms with van der Waals surface area (Å²) in [5, 5.41) is 5.21. The normalized spacial score (nSPS) is 14.9. The Morgan fingerprint density at radius 2 is 1.82 bits per heavy atom. The number of nitrogens with one attached hydrogen (secondary N) is 1. The maximum absolute atomic E-state index is 13.8. The Morgan fingerprint density at radius 3 is 2.52 bits per heavy atom. The van der Waals surface area contributed by atoms with Gasteiger partial charge in [0, 0.05) is 16.6 Å². The van der Waals surface area contributed by atoms with Gasteiger partial charge in [-0.25, -0.2) is 0 Å². The molecule has 1 atom stereocenters. The molecule has 4 rings (SSSR count). The van der Waals surface area contributed by atoms with Crippen LogP contribution in [0.25, 0.3) is 0 Å². The molecule has 0 saturated heterocycles. The number of para-hydroxylation sites is 1. The molecule has 0 spiro atoms. The SMILES string of the molecule is COc1cccc(C(C(=O)NC2CCCCC2)N(C(=O)Cc2cccs2)c2ccccc2)c1. The van der Waals surface area contributed by atoms with Gasteiger partial charge in [-0.3, -0.25) is 14.5 Å². The highest BCUT2D eigenvalue weighted by molar-refractivity contribution is 7.10. The van der Waals surface area contributed by atoms with Gasteiger partial charge < -0.3 is 10.1 Å². The molecular weight excluding hydrogens is 432 g/mol. The quantitative estimate of drug-likeness (QED) is 0.479. The van der Waals surface area contributed by atoms with Crippen molar-refractivity contribution in [2.24, 2.45) is 0 Å². The molecule has 1 heterocycles. The summed E-state index contributed by atoms with van der Waals surface area (Å²) < 4.78 is 5.43. The van der Waals surface area contributed by atoms with Crippen molar-refractivity contribution >= 4 is 28.8 Å². The molecule has 0 radical (unpaired) electrons. The van der Waals surface area contributed by atoms with Crippen LogP contribution in [0, 0.1) is 0 Å². The largest absolute Gasteiger partial charge is 0.497 e. The summed E-state index contributed by atoms with van der Waals surface area (Å²) in [7, 11) is 1.60. The number of carbonyl (C=O) groups is 2. The monoisotopic (exact) mass is 462 g/mol. The lowest BCUT2D eigenvalue weighted by molar-refractivity contribution is -0.127. The zero-order chi connectivity index (χ0) is 23.0. The van der Waals surface area contributed by atoms with Crippen molar-refractivity contribution in [3.05, 3.63) is 82.6 Å². The van der Waals surface area contributed by atoms with E-state index in [9.17, 15) is 9.59 Å². The fourth-order valence-corrected chi connectivity index (χ4v) is 5.13. The van der Waals surface area contributed by atoms with Crippen LogP contribution in [0.5, 0.6) is 5.75 Å². The summed E-state index contributed by atoms with van der Waals surface area (Å²) in [6.07, 6.45) is 5.64. The van der Waals surface area contributed by atoms with Gasteiger partial charge in [0.15, 0.2) is 0 Å². The molecule has 172 valence electrons. The molecule has 1 saturated carbocycles. The molecule has 33 heavy (non-hydrogen) atoms. The van der Waals surface area contributed by atoms with Crippen LogP contribution in [-0.4, -0.2) is 25.0 Å². The molecular formula is C27H30N2O3S. The highest BCUT2D eigenvalue weighted by Crippen LogP contribution is 2.31. The molecule has 3 aromatic rings. The third-order valence-corrected chi connectivity index (χ3v) is 6.95. The van der Waals surface area contributed by atoms with E-state index in [1.54, 1.807) is 23.3 Å². The van der Waals surface area contributed by atoms with Gasteiger partial charge in [-0.15, -0.1) is 11.3 Å².